The molecule has 7 nitrogen and oxygen atoms in total. The van der Waals surface area contributed by atoms with Crippen LogP contribution in [-0.4, -0.2) is 49.0 Å². The fourth-order valence-electron chi connectivity index (χ4n) is 4.28. The number of para-hydroxylation sites is 1. The lowest BCUT2D eigenvalue weighted by molar-refractivity contribution is -0.150. The van der Waals surface area contributed by atoms with Gasteiger partial charge in [0.2, 0.25) is 5.91 Å². The first-order valence-electron chi connectivity index (χ1n) is 8.47. The molecule has 0 bridgehead atoms. The van der Waals surface area contributed by atoms with E-state index in [4.69, 9.17) is 0 Å². The number of rotatable bonds is 3. The third-order valence-corrected chi connectivity index (χ3v) is 5.37. The molecule has 4 rings (SSSR count). The number of benzene rings is 1. The Balaban J connectivity index is 1.60. The number of carboxylic acid groups (broad SMARTS) is 1. The summed E-state index contributed by atoms with van der Waals surface area (Å²) in [7, 11) is 0. The summed E-state index contributed by atoms with van der Waals surface area (Å²) in [6, 6.07) is 6.81. The summed E-state index contributed by atoms with van der Waals surface area (Å²) in [5.74, 6) is -0.759. The monoisotopic (exact) mass is 328 g/mol. The van der Waals surface area contributed by atoms with Crippen LogP contribution in [0.4, 0.5) is 0 Å². The highest BCUT2D eigenvalue weighted by molar-refractivity contribution is 5.85. The lowest BCUT2D eigenvalue weighted by atomic mass is 9.85. The third kappa shape index (κ3) is 2.44. The fourth-order valence-corrected chi connectivity index (χ4v) is 4.28. The van der Waals surface area contributed by atoms with Crippen LogP contribution in [0.5, 0.6) is 0 Å². The van der Waals surface area contributed by atoms with Crippen LogP contribution >= 0.6 is 0 Å². The summed E-state index contributed by atoms with van der Waals surface area (Å²) in [5.41, 5.74) is 1.52. The molecule has 3 atom stereocenters. The molecule has 1 saturated carbocycles. The van der Waals surface area contributed by atoms with Crippen LogP contribution in [0.25, 0.3) is 11.0 Å². The van der Waals surface area contributed by atoms with Crippen molar-refractivity contribution in [1.29, 1.82) is 0 Å². The Morgan fingerprint density at radius 3 is 2.83 bits per heavy atom. The largest absolute Gasteiger partial charge is 0.480 e. The summed E-state index contributed by atoms with van der Waals surface area (Å²) in [6.07, 6.45) is 4.68. The van der Waals surface area contributed by atoms with E-state index in [2.05, 4.69) is 10.3 Å². The van der Waals surface area contributed by atoms with Gasteiger partial charge in [0.1, 0.15) is 18.1 Å². The van der Waals surface area contributed by atoms with E-state index >= 15 is 0 Å². The SMILES string of the molecule is O=C(O)[C@@H]1C[C@H]2CCCC[C@H]2N1C(=O)Cn1nnc2ccccc21. The number of fused-ring (bicyclic) bond motifs is 2. The fraction of sp³-hybridized carbons (Fsp3) is 0.529. The molecule has 1 aliphatic carbocycles. The molecule has 0 spiro atoms. The molecule has 0 unspecified atom stereocenters. The van der Waals surface area contributed by atoms with Crippen LogP contribution in [-0.2, 0) is 16.1 Å². The maximum atomic E-state index is 12.9. The Hall–Kier alpha value is -2.44. The molecule has 0 radical (unpaired) electrons. The van der Waals surface area contributed by atoms with Crippen molar-refractivity contribution >= 4 is 22.9 Å². The van der Waals surface area contributed by atoms with Crippen molar-refractivity contribution in [3.05, 3.63) is 24.3 Å². The van der Waals surface area contributed by atoms with Gasteiger partial charge in [0.25, 0.3) is 0 Å². The molecule has 24 heavy (non-hydrogen) atoms. The van der Waals surface area contributed by atoms with Crippen molar-refractivity contribution < 1.29 is 14.7 Å². The molecule has 2 heterocycles. The van der Waals surface area contributed by atoms with Crippen LogP contribution < -0.4 is 0 Å². The van der Waals surface area contributed by atoms with Gasteiger partial charge in [-0.3, -0.25) is 4.79 Å². The maximum Gasteiger partial charge on any atom is 0.326 e. The number of aliphatic carboxylic acids is 1. The van der Waals surface area contributed by atoms with Gasteiger partial charge in [-0.25, -0.2) is 9.48 Å². The maximum absolute atomic E-state index is 12.9. The molecule has 1 aromatic carbocycles. The van der Waals surface area contributed by atoms with Gasteiger partial charge in [-0.1, -0.05) is 30.2 Å². The van der Waals surface area contributed by atoms with Gasteiger partial charge in [-0.2, -0.15) is 0 Å². The predicted molar refractivity (Wildman–Crippen MR) is 86.2 cm³/mol. The van der Waals surface area contributed by atoms with E-state index in [1.807, 2.05) is 24.3 Å². The Labute approximate surface area is 139 Å². The number of nitrogens with zero attached hydrogens (tertiary/aromatic N) is 4. The second-order valence-electron chi connectivity index (χ2n) is 6.74. The molecular weight excluding hydrogens is 308 g/mol. The van der Waals surface area contributed by atoms with Crippen molar-refractivity contribution in [2.24, 2.45) is 5.92 Å². The van der Waals surface area contributed by atoms with Crippen molar-refractivity contribution in [2.45, 2.75) is 50.7 Å². The minimum Gasteiger partial charge on any atom is -0.480 e. The summed E-state index contributed by atoms with van der Waals surface area (Å²) < 4.78 is 1.56. The quantitative estimate of drug-likeness (QED) is 0.926. The highest BCUT2D eigenvalue weighted by Crippen LogP contribution is 2.40. The number of aromatic nitrogens is 3. The zero-order chi connectivity index (χ0) is 16.7. The lowest BCUT2D eigenvalue weighted by Gasteiger charge is -2.33. The molecule has 2 aromatic rings. The number of carbonyl (C=O) groups is 2. The summed E-state index contributed by atoms with van der Waals surface area (Å²) in [4.78, 5) is 26.2. The smallest absolute Gasteiger partial charge is 0.326 e. The average Bonchev–Trinajstić information content (AvgIpc) is 3.16. The second kappa shape index (κ2) is 5.89. The van der Waals surface area contributed by atoms with Crippen LogP contribution in [0.2, 0.25) is 0 Å². The van der Waals surface area contributed by atoms with Gasteiger partial charge >= 0.3 is 5.97 Å². The van der Waals surface area contributed by atoms with Gasteiger partial charge in [-0.15, -0.1) is 5.10 Å². The van der Waals surface area contributed by atoms with Crippen molar-refractivity contribution in [2.75, 3.05) is 0 Å². The van der Waals surface area contributed by atoms with Gasteiger partial charge in [0.15, 0.2) is 0 Å². The Morgan fingerprint density at radius 2 is 2.00 bits per heavy atom. The highest BCUT2D eigenvalue weighted by atomic mass is 16.4. The summed E-state index contributed by atoms with van der Waals surface area (Å²) >= 11 is 0. The van der Waals surface area contributed by atoms with Gasteiger partial charge in [0.05, 0.1) is 5.52 Å². The minimum absolute atomic E-state index is 0.0352. The Bertz CT molecular complexity index is 787. The number of hydrogen-bond donors (Lipinski definition) is 1. The molecule has 2 aliphatic rings. The zero-order valence-corrected chi connectivity index (χ0v) is 13.3. The summed E-state index contributed by atoms with van der Waals surface area (Å²) in [6.45, 7) is 0.0352. The number of hydrogen-bond acceptors (Lipinski definition) is 4. The first-order chi connectivity index (χ1) is 11.6. The van der Waals surface area contributed by atoms with Crippen molar-refractivity contribution in [3.8, 4) is 0 Å². The van der Waals surface area contributed by atoms with Crippen LogP contribution in [0.15, 0.2) is 24.3 Å². The number of carbonyl (C=O) groups excluding carboxylic acids is 1. The molecule has 2 fully saturated rings. The van der Waals surface area contributed by atoms with E-state index in [0.29, 0.717) is 12.3 Å². The number of amides is 1. The van der Waals surface area contributed by atoms with E-state index in [-0.39, 0.29) is 18.5 Å². The van der Waals surface area contributed by atoms with Crippen LogP contribution in [0, 0.1) is 5.92 Å². The molecule has 126 valence electrons. The summed E-state index contributed by atoms with van der Waals surface area (Å²) in [5, 5.41) is 17.7. The first kappa shape index (κ1) is 15.1. The van der Waals surface area contributed by atoms with E-state index in [1.165, 1.54) is 0 Å². The van der Waals surface area contributed by atoms with Crippen molar-refractivity contribution in [1.82, 2.24) is 19.9 Å². The Kier molecular flexibility index (Phi) is 3.70. The predicted octanol–water partition coefficient (Wildman–Crippen LogP) is 1.68. The van der Waals surface area contributed by atoms with Crippen molar-refractivity contribution in [3.63, 3.8) is 0 Å². The topological polar surface area (TPSA) is 88.3 Å². The molecule has 1 N–H and O–H groups in total. The Morgan fingerprint density at radius 1 is 1.21 bits per heavy atom. The van der Waals surface area contributed by atoms with Gasteiger partial charge in [0, 0.05) is 6.04 Å². The average molecular weight is 328 g/mol. The van der Waals surface area contributed by atoms with Gasteiger partial charge < -0.3 is 10.0 Å². The number of likely N-dealkylation sites (tertiary alicyclic amines) is 1. The van der Waals surface area contributed by atoms with Gasteiger partial charge in [-0.05, 0) is 37.3 Å². The second-order valence-corrected chi connectivity index (χ2v) is 6.74. The highest BCUT2D eigenvalue weighted by Gasteiger charge is 2.47. The lowest BCUT2D eigenvalue weighted by Crippen LogP contribution is -2.47. The van der Waals surface area contributed by atoms with Crippen LogP contribution in [0.3, 0.4) is 0 Å². The molecule has 1 aliphatic heterocycles. The molecule has 1 saturated heterocycles. The van der Waals surface area contributed by atoms with E-state index < -0.39 is 12.0 Å². The van der Waals surface area contributed by atoms with E-state index in [0.717, 1.165) is 36.7 Å². The van der Waals surface area contributed by atoms with Crippen LogP contribution in [0.1, 0.15) is 32.1 Å². The first-order valence-corrected chi connectivity index (χ1v) is 8.47. The molecule has 1 amide bonds. The standard InChI is InChI=1S/C17H20N4O3/c22-16(10-20-14-8-4-2-6-12(14)18-19-20)21-13-7-3-1-5-11(13)9-15(21)17(23)24/h2,4,6,8,11,13,15H,1,3,5,7,9-10H2,(H,23,24)/t11-,13-,15+/m1/s1. The minimum atomic E-state index is -0.902. The van der Waals surface area contributed by atoms with E-state index in [1.54, 1.807) is 9.58 Å². The molecular formula is C17H20N4O3. The molecule has 1 aromatic heterocycles. The zero-order valence-electron chi connectivity index (χ0n) is 13.3. The normalized spacial score (nSPS) is 26.5. The molecule has 7 heteroatoms. The third-order valence-electron chi connectivity index (χ3n) is 5.37. The van der Waals surface area contributed by atoms with E-state index in [9.17, 15) is 14.7 Å². The number of carboxylic acids is 1.